The zero-order valence-corrected chi connectivity index (χ0v) is 9.16. The SMILES string of the molecule is O=Nc1cc(CN2CCCCC2)ccc1F. The van der Waals surface area contributed by atoms with Crippen molar-refractivity contribution in [2.24, 2.45) is 5.18 Å². The third-order valence-electron chi connectivity index (χ3n) is 2.96. The molecule has 0 N–H and O–H groups in total. The Bertz CT molecular complexity index is 375. The van der Waals surface area contributed by atoms with Crippen LogP contribution in [-0.4, -0.2) is 18.0 Å². The predicted octanol–water partition coefficient (Wildman–Crippen LogP) is 3.21. The lowest BCUT2D eigenvalue weighted by molar-refractivity contribution is 0.221. The van der Waals surface area contributed by atoms with Crippen molar-refractivity contribution in [3.63, 3.8) is 0 Å². The third-order valence-corrected chi connectivity index (χ3v) is 2.96. The quantitative estimate of drug-likeness (QED) is 0.735. The van der Waals surface area contributed by atoms with Gasteiger partial charge in [-0.1, -0.05) is 12.5 Å². The van der Waals surface area contributed by atoms with E-state index in [1.165, 1.54) is 31.4 Å². The molecule has 0 amide bonds. The van der Waals surface area contributed by atoms with E-state index in [1.807, 2.05) is 0 Å². The molecule has 1 heterocycles. The Morgan fingerprint density at radius 2 is 2.00 bits per heavy atom. The fraction of sp³-hybridized carbons (Fsp3) is 0.500. The van der Waals surface area contributed by atoms with E-state index in [9.17, 15) is 9.30 Å². The van der Waals surface area contributed by atoms with Gasteiger partial charge in [0.05, 0.1) is 0 Å². The predicted molar refractivity (Wildman–Crippen MR) is 61.0 cm³/mol. The molecule has 0 aliphatic carbocycles. The number of nitroso groups, excluding NO2 is 1. The highest BCUT2D eigenvalue weighted by Gasteiger charge is 2.11. The molecule has 0 saturated carbocycles. The minimum absolute atomic E-state index is 0.0884. The minimum Gasteiger partial charge on any atom is -0.299 e. The highest BCUT2D eigenvalue weighted by Crippen LogP contribution is 2.21. The Kier molecular flexibility index (Phi) is 3.62. The number of piperidine rings is 1. The van der Waals surface area contributed by atoms with Gasteiger partial charge >= 0.3 is 0 Å². The molecule has 1 aliphatic heterocycles. The summed E-state index contributed by atoms with van der Waals surface area (Å²) in [5, 5.41) is 2.68. The van der Waals surface area contributed by atoms with E-state index < -0.39 is 5.82 Å². The highest BCUT2D eigenvalue weighted by molar-refractivity contribution is 5.41. The van der Waals surface area contributed by atoms with Crippen LogP contribution in [-0.2, 0) is 6.54 Å². The lowest BCUT2D eigenvalue weighted by atomic mass is 10.1. The molecule has 3 nitrogen and oxygen atoms in total. The van der Waals surface area contributed by atoms with Crippen LogP contribution >= 0.6 is 0 Å². The Hall–Kier alpha value is -1.29. The first kappa shape index (κ1) is 11.2. The van der Waals surface area contributed by atoms with E-state index in [2.05, 4.69) is 10.1 Å². The van der Waals surface area contributed by atoms with Crippen LogP contribution < -0.4 is 0 Å². The van der Waals surface area contributed by atoms with Gasteiger partial charge in [0.1, 0.15) is 5.69 Å². The van der Waals surface area contributed by atoms with Crippen molar-refractivity contribution >= 4 is 5.69 Å². The van der Waals surface area contributed by atoms with Crippen LogP contribution in [0.25, 0.3) is 0 Å². The first-order chi connectivity index (χ1) is 7.79. The summed E-state index contributed by atoms with van der Waals surface area (Å²) in [4.78, 5) is 12.7. The summed E-state index contributed by atoms with van der Waals surface area (Å²) in [5.41, 5.74) is 0.868. The molecule has 0 unspecified atom stereocenters. The van der Waals surface area contributed by atoms with Gasteiger partial charge in [-0.05, 0) is 48.8 Å². The molecular formula is C12H15FN2O. The number of hydrogen-bond donors (Lipinski definition) is 0. The van der Waals surface area contributed by atoms with Crippen LogP contribution in [0.2, 0.25) is 0 Å². The lowest BCUT2D eigenvalue weighted by Gasteiger charge is -2.26. The molecule has 2 rings (SSSR count). The topological polar surface area (TPSA) is 32.7 Å². The van der Waals surface area contributed by atoms with Crippen molar-refractivity contribution in [1.29, 1.82) is 0 Å². The van der Waals surface area contributed by atoms with Gasteiger partial charge in [0.2, 0.25) is 0 Å². The fourth-order valence-electron chi connectivity index (χ4n) is 2.10. The van der Waals surface area contributed by atoms with Gasteiger partial charge in [0.25, 0.3) is 0 Å². The molecule has 0 atom stereocenters. The molecule has 1 aromatic carbocycles. The first-order valence-corrected chi connectivity index (χ1v) is 5.64. The maximum absolute atomic E-state index is 13.0. The van der Waals surface area contributed by atoms with Crippen molar-refractivity contribution in [3.8, 4) is 0 Å². The van der Waals surface area contributed by atoms with Crippen molar-refractivity contribution < 1.29 is 4.39 Å². The van der Waals surface area contributed by atoms with E-state index in [0.29, 0.717) is 0 Å². The van der Waals surface area contributed by atoms with Gasteiger partial charge in [-0.3, -0.25) is 4.90 Å². The molecule has 16 heavy (non-hydrogen) atoms. The first-order valence-electron chi connectivity index (χ1n) is 5.64. The van der Waals surface area contributed by atoms with Crippen LogP contribution in [0.15, 0.2) is 23.4 Å². The van der Waals surface area contributed by atoms with Crippen molar-refractivity contribution in [2.75, 3.05) is 13.1 Å². The maximum atomic E-state index is 13.0. The zero-order valence-electron chi connectivity index (χ0n) is 9.16. The minimum atomic E-state index is -0.544. The number of likely N-dealkylation sites (tertiary alicyclic amines) is 1. The molecule has 1 fully saturated rings. The van der Waals surface area contributed by atoms with Crippen molar-refractivity contribution in [3.05, 3.63) is 34.5 Å². The van der Waals surface area contributed by atoms with E-state index in [1.54, 1.807) is 6.07 Å². The summed E-state index contributed by atoms with van der Waals surface area (Å²) in [5.74, 6) is -0.544. The number of halogens is 1. The molecule has 4 heteroatoms. The maximum Gasteiger partial charge on any atom is 0.152 e. The average molecular weight is 222 g/mol. The van der Waals surface area contributed by atoms with Crippen LogP contribution in [0.5, 0.6) is 0 Å². The van der Waals surface area contributed by atoms with E-state index in [-0.39, 0.29) is 5.69 Å². The van der Waals surface area contributed by atoms with E-state index in [4.69, 9.17) is 0 Å². The van der Waals surface area contributed by atoms with Crippen molar-refractivity contribution in [1.82, 2.24) is 4.90 Å². The van der Waals surface area contributed by atoms with E-state index in [0.717, 1.165) is 25.2 Å². The summed E-state index contributed by atoms with van der Waals surface area (Å²) in [6, 6.07) is 4.57. The van der Waals surface area contributed by atoms with E-state index >= 15 is 0 Å². The summed E-state index contributed by atoms with van der Waals surface area (Å²) in [7, 11) is 0. The second-order valence-corrected chi connectivity index (χ2v) is 4.21. The monoisotopic (exact) mass is 222 g/mol. The number of rotatable bonds is 3. The van der Waals surface area contributed by atoms with Gasteiger partial charge < -0.3 is 0 Å². The number of hydrogen-bond acceptors (Lipinski definition) is 3. The summed E-state index contributed by atoms with van der Waals surface area (Å²) >= 11 is 0. The summed E-state index contributed by atoms with van der Waals surface area (Å²) in [6.07, 6.45) is 3.74. The second kappa shape index (κ2) is 5.16. The smallest absolute Gasteiger partial charge is 0.152 e. The molecule has 0 spiro atoms. The Morgan fingerprint density at radius 3 is 2.69 bits per heavy atom. The molecule has 0 bridgehead atoms. The van der Waals surface area contributed by atoms with Gasteiger partial charge in [-0.15, -0.1) is 4.91 Å². The van der Waals surface area contributed by atoms with Crippen LogP contribution in [0, 0.1) is 10.7 Å². The number of nitrogens with zero attached hydrogens (tertiary/aromatic N) is 2. The average Bonchev–Trinajstić information content (AvgIpc) is 2.33. The van der Waals surface area contributed by atoms with Gasteiger partial charge in [0.15, 0.2) is 5.82 Å². The van der Waals surface area contributed by atoms with Crippen LogP contribution in [0.4, 0.5) is 10.1 Å². The Labute approximate surface area is 94.2 Å². The standard InChI is InChI=1S/C12H15FN2O/c13-11-5-4-10(8-12(11)14-16)9-15-6-2-1-3-7-15/h4-5,8H,1-3,6-7,9H2. The van der Waals surface area contributed by atoms with Gasteiger partial charge in [0, 0.05) is 6.54 Å². The van der Waals surface area contributed by atoms with Crippen LogP contribution in [0.3, 0.4) is 0 Å². The fourth-order valence-corrected chi connectivity index (χ4v) is 2.10. The van der Waals surface area contributed by atoms with Gasteiger partial charge in [-0.25, -0.2) is 4.39 Å². The summed E-state index contributed by atoms with van der Waals surface area (Å²) < 4.78 is 13.0. The Morgan fingerprint density at radius 1 is 1.25 bits per heavy atom. The second-order valence-electron chi connectivity index (χ2n) is 4.21. The molecule has 1 aliphatic rings. The zero-order chi connectivity index (χ0) is 11.4. The lowest BCUT2D eigenvalue weighted by Crippen LogP contribution is -2.29. The third kappa shape index (κ3) is 2.64. The van der Waals surface area contributed by atoms with Gasteiger partial charge in [-0.2, -0.15) is 0 Å². The van der Waals surface area contributed by atoms with Crippen LogP contribution in [0.1, 0.15) is 24.8 Å². The molecular weight excluding hydrogens is 207 g/mol. The normalized spacial score (nSPS) is 17.3. The molecule has 86 valence electrons. The highest BCUT2D eigenvalue weighted by atomic mass is 19.1. The van der Waals surface area contributed by atoms with Crippen molar-refractivity contribution in [2.45, 2.75) is 25.8 Å². The molecule has 0 radical (unpaired) electrons. The number of benzene rings is 1. The molecule has 1 aromatic rings. The molecule has 1 saturated heterocycles. The largest absolute Gasteiger partial charge is 0.299 e. The Balaban J connectivity index is 2.05. The summed E-state index contributed by atoms with van der Waals surface area (Å²) in [6.45, 7) is 2.95. The molecule has 0 aromatic heterocycles.